The number of carboxylic acids is 1. The number of amidine groups is 1. The molecule has 0 saturated carbocycles. The van der Waals surface area contributed by atoms with Gasteiger partial charge >= 0.3 is 5.97 Å². The number of benzene rings is 3. The van der Waals surface area contributed by atoms with Crippen LogP contribution in [0.25, 0.3) is 6.08 Å². The molecule has 1 aliphatic heterocycles. The first kappa shape index (κ1) is 24.0. The van der Waals surface area contributed by atoms with Crippen LogP contribution in [0.5, 0.6) is 11.5 Å². The molecule has 178 valence electrons. The standard InChI is InChI=1S/C26H21FN2O5S/c1-29-24(30)23(35-26(29)28-19-10-8-17(9-11-19)25(31)32)14-16-7-12-21(22(13-16)33-2)34-15-18-5-3-4-6-20(18)27/h3-14H,15H2,1-2H3,(H,31,32)/b23-14-,28-26?. The van der Waals surface area contributed by atoms with Gasteiger partial charge in [0.05, 0.1) is 23.3 Å². The number of ether oxygens (including phenoxy) is 2. The number of likely N-dealkylation sites (N-methyl/N-ethyl adjacent to an activating group) is 1. The van der Waals surface area contributed by atoms with E-state index in [4.69, 9.17) is 14.6 Å². The minimum absolute atomic E-state index is 0.0515. The van der Waals surface area contributed by atoms with Crippen LogP contribution in [0.15, 0.2) is 76.6 Å². The number of carboxylic acid groups (broad SMARTS) is 1. The maximum atomic E-state index is 13.9. The fourth-order valence-electron chi connectivity index (χ4n) is 3.26. The van der Waals surface area contributed by atoms with Crippen molar-refractivity contribution in [2.45, 2.75) is 6.61 Å². The van der Waals surface area contributed by atoms with Crippen molar-refractivity contribution in [1.82, 2.24) is 4.90 Å². The molecule has 3 aromatic carbocycles. The quantitative estimate of drug-likeness (QED) is 0.448. The van der Waals surface area contributed by atoms with Gasteiger partial charge in [0.25, 0.3) is 5.91 Å². The Morgan fingerprint density at radius 1 is 1.11 bits per heavy atom. The largest absolute Gasteiger partial charge is 0.493 e. The molecule has 7 nitrogen and oxygen atoms in total. The fourth-order valence-corrected chi connectivity index (χ4v) is 4.24. The van der Waals surface area contributed by atoms with E-state index in [1.807, 2.05) is 0 Å². The Kier molecular flexibility index (Phi) is 7.17. The van der Waals surface area contributed by atoms with Gasteiger partial charge < -0.3 is 14.6 Å². The second-order valence-electron chi connectivity index (χ2n) is 7.51. The third-order valence-electron chi connectivity index (χ3n) is 5.17. The van der Waals surface area contributed by atoms with E-state index >= 15 is 0 Å². The minimum Gasteiger partial charge on any atom is -0.493 e. The number of rotatable bonds is 7. The summed E-state index contributed by atoms with van der Waals surface area (Å²) in [5.74, 6) is -0.672. The van der Waals surface area contributed by atoms with E-state index in [-0.39, 0.29) is 23.9 Å². The molecule has 35 heavy (non-hydrogen) atoms. The minimum atomic E-state index is -1.02. The number of amides is 1. The van der Waals surface area contributed by atoms with Crippen LogP contribution in [-0.2, 0) is 11.4 Å². The zero-order valence-electron chi connectivity index (χ0n) is 18.9. The van der Waals surface area contributed by atoms with Crippen LogP contribution >= 0.6 is 11.8 Å². The zero-order chi connectivity index (χ0) is 24.9. The summed E-state index contributed by atoms with van der Waals surface area (Å²) in [5.41, 5.74) is 1.85. The van der Waals surface area contributed by atoms with Crippen molar-refractivity contribution in [3.63, 3.8) is 0 Å². The molecule has 0 aliphatic carbocycles. The van der Waals surface area contributed by atoms with Crippen LogP contribution < -0.4 is 9.47 Å². The fraction of sp³-hybridized carbons (Fsp3) is 0.115. The van der Waals surface area contributed by atoms with Gasteiger partial charge in [-0.3, -0.25) is 9.69 Å². The number of thioether (sulfide) groups is 1. The Hall–Kier alpha value is -4.11. The molecule has 1 saturated heterocycles. The summed E-state index contributed by atoms with van der Waals surface area (Å²) >= 11 is 1.21. The third-order valence-corrected chi connectivity index (χ3v) is 6.23. The first-order chi connectivity index (χ1) is 16.9. The van der Waals surface area contributed by atoms with Gasteiger partial charge in [0.1, 0.15) is 12.4 Å². The normalized spacial score (nSPS) is 15.6. The molecule has 0 aromatic heterocycles. The molecule has 1 amide bonds. The molecule has 0 atom stereocenters. The van der Waals surface area contributed by atoms with Crippen molar-refractivity contribution < 1.29 is 28.6 Å². The number of aliphatic imine (C=N–C) groups is 1. The first-order valence-corrected chi connectivity index (χ1v) is 11.3. The molecule has 0 radical (unpaired) electrons. The predicted octanol–water partition coefficient (Wildman–Crippen LogP) is 5.35. The highest BCUT2D eigenvalue weighted by Gasteiger charge is 2.30. The van der Waals surface area contributed by atoms with Crippen molar-refractivity contribution in [1.29, 1.82) is 0 Å². The van der Waals surface area contributed by atoms with Gasteiger partial charge in [-0.1, -0.05) is 24.3 Å². The maximum Gasteiger partial charge on any atom is 0.335 e. The third kappa shape index (κ3) is 5.52. The summed E-state index contributed by atoms with van der Waals surface area (Å²) in [7, 11) is 3.13. The Bertz CT molecular complexity index is 1340. The Morgan fingerprint density at radius 2 is 1.86 bits per heavy atom. The van der Waals surface area contributed by atoms with Crippen LogP contribution in [0.1, 0.15) is 21.5 Å². The van der Waals surface area contributed by atoms with Crippen LogP contribution in [0, 0.1) is 5.82 Å². The average Bonchev–Trinajstić information content (AvgIpc) is 3.11. The maximum absolute atomic E-state index is 13.9. The number of aromatic carboxylic acids is 1. The molecule has 1 N–H and O–H groups in total. The van der Waals surface area contributed by atoms with E-state index in [0.29, 0.717) is 32.8 Å². The van der Waals surface area contributed by atoms with E-state index < -0.39 is 5.97 Å². The number of carbonyl (C=O) groups is 2. The van der Waals surface area contributed by atoms with Crippen molar-refractivity contribution in [2.75, 3.05) is 14.2 Å². The number of nitrogens with zero attached hydrogens (tertiary/aromatic N) is 2. The first-order valence-electron chi connectivity index (χ1n) is 10.5. The van der Waals surface area contributed by atoms with Gasteiger partial charge in [-0.15, -0.1) is 0 Å². The highest BCUT2D eigenvalue weighted by atomic mass is 32.2. The molecule has 9 heteroatoms. The monoisotopic (exact) mass is 492 g/mol. The smallest absolute Gasteiger partial charge is 0.335 e. The topological polar surface area (TPSA) is 88.4 Å². The number of hydrogen-bond acceptors (Lipinski definition) is 6. The van der Waals surface area contributed by atoms with Gasteiger partial charge in [0.2, 0.25) is 0 Å². The molecule has 1 fully saturated rings. The molecule has 1 aliphatic rings. The second-order valence-corrected chi connectivity index (χ2v) is 8.52. The Balaban J connectivity index is 1.52. The predicted molar refractivity (Wildman–Crippen MR) is 133 cm³/mol. The van der Waals surface area contributed by atoms with Crippen LogP contribution in [0.3, 0.4) is 0 Å². The number of halogens is 1. The van der Waals surface area contributed by atoms with Gasteiger partial charge in [-0.05, 0) is 65.9 Å². The summed E-state index contributed by atoms with van der Waals surface area (Å²) in [6.45, 7) is 0.0515. The molecular weight excluding hydrogens is 471 g/mol. The van der Waals surface area contributed by atoms with E-state index in [1.54, 1.807) is 61.7 Å². The molecule has 3 aromatic rings. The number of carbonyl (C=O) groups excluding carboxylic acids is 1. The van der Waals surface area contributed by atoms with Crippen LogP contribution in [-0.4, -0.2) is 41.2 Å². The number of methoxy groups -OCH3 is 1. The van der Waals surface area contributed by atoms with Gasteiger partial charge in [0, 0.05) is 12.6 Å². The van der Waals surface area contributed by atoms with Crippen molar-refractivity contribution in [3.8, 4) is 11.5 Å². The van der Waals surface area contributed by atoms with Crippen molar-refractivity contribution >= 4 is 40.6 Å². The van der Waals surface area contributed by atoms with Crippen molar-refractivity contribution in [3.05, 3.63) is 94.1 Å². The second kappa shape index (κ2) is 10.4. The molecular formula is C26H21FN2O5S. The summed E-state index contributed by atoms with van der Waals surface area (Å²) in [4.78, 5) is 30.1. The molecule has 0 unspecified atom stereocenters. The average molecular weight is 493 g/mol. The lowest BCUT2D eigenvalue weighted by Crippen LogP contribution is -2.23. The molecule has 4 rings (SSSR count). The Morgan fingerprint density at radius 3 is 2.54 bits per heavy atom. The highest BCUT2D eigenvalue weighted by molar-refractivity contribution is 8.18. The van der Waals surface area contributed by atoms with E-state index in [1.165, 1.54) is 42.0 Å². The van der Waals surface area contributed by atoms with E-state index in [9.17, 15) is 14.0 Å². The molecule has 1 heterocycles. The molecule has 0 spiro atoms. The van der Waals surface area contributed by atoms with Crippen molar-refractivity contribution in [2.24, 2.45) is 4.99 Å². The van der Waals surface area contributed by atoms with Gasteiger partial charge in [-0.2, -0.15) is 0 Å². The number of hydrogen-bond donors (Lipinski definition) is 1. The van der Waals surface area contributed by atoms with E-state index in [2.05, 4.69) is 4.99 Å². The summed E-state index contributed by atoms with van der Waals surface area (Å²) < 4.78 is 25.0. The lowest BCUT2D eigenvalue weighted by molar-refractivity contribution is -0.121. The van der Waals surface area contributed by atoms with Crippen LogP contribution in [0.4, 0.5) is 10.1 Å². The van der Waals surface area contributed by atoms with Gasteiger partial charge in [0.15, 0.2) is 16.7 Å². The SMILES string of the molecule is COc1cc(/C=C2\SC(=Nc3ccc(C(=O)O)cc3)N(C)C2=O)ccc1OCc1ccccc1F. The zero-order valence-corrected chi connectivity index (χ0v) is 19.7. The van der Waals surface area contributed by atoms with Crippen LogP contribution in [0.2, 0.25) is 0 Å². The van der Waals surface area contributed by atoms with Gasteiger partial charge in [-0.25, -0.2) is 14.2 Å². The Labute approximate surface area is 205 Å². The lowest BCUT2D eigenvalue weighted by Gasteiger charge is -2.12. The highest BCUT2D eigenvalue weighted by Crippen LogP contribution is 2.35. The molecule has 0 bridgehead atoms. The van der Waals surface area contributed by atoms with E-state index in [0.717, 1.165) is 5.56 Å². The summed E-state index contributed by atoms with van der Waals surface area (Å²) in [6, 6.07) is 17.7. The summed E-state index contributed by atoms with van der Waals surface area (Å²) in [5, 5.41) is 9.50. The lowest BCUT2D eigenvalue weighted by atomic mass is 10.1. The summed E-state index contributed by atoms with van der Waals surface area (Å²) in [6.07, 6.45) is 1.72.